The van der Waals surface area contributed by atoms with Crippen LogP contribution in [0.3, 0.4) is 0 Å². The second-order valence-electron chi connectivity index (χ2n) is 4.53. The average molecular weight is 285 g/mol. The van der Waals surface area contributed by atoms with Gasteiger partial charge in [-0.15, -0.1) is 0 Å². The fourth-order valence-electron chi connectivity index (χ4n) is 2.36. The summed E-state index contributed by atoms with van der Waals surface area (Å²) in [6.45, 7) is 0. The molecule has 2 N–H and O–H groups in total. The standard InChI is InChI=1S/C16H13ClN2O/c17-13-8-4-7-12(16(13)20)15(14-9-18-10-19-14)11-5-2-1-3-6-11/h1-10,15,20H,(H,18,19). The molecular weight excluding hydrogens is 272 g/mol. The molecule has 20 heavy (non-hydrogen) atoms. The van der Waals surface area contributed by atoms with E-state index >= 15 is 0 Å². The Labute approximate surface area is 121 Å². The maximum Gasteiger partial charge on any atom is 0.138 e. The van der Waals surface area contributed by atoms with Crippen LogP contribution in [-0.4, -0.2) is 15.1 Å². The van der Waals surface area contributed by atoms with Gasteiger partial charge in [-0.05, 0) is 11.6 Å². The zero-order valence-electron chi connectivity index (χ0n) is 10.6. The number of hydrogen-bond acceptors (Lipinski definition) is 2. The first-order valence-corrected chi connectivity index (χ1v) is 6.66. The van der Waals surface area contributed by atoms with E-state index in [1.54, 1.807) is 18.6 Å². The van der Waals surface area contributed by atoms with Crippen molar-refractivity contribution in [2.75, 3.05) is 0 Å². The molecule has 0 bridgehead atoms. The quantitative estimate of drug-likeness (QED) is 0.765. The molecule has 0 saturated heterocycles. The number of H-pyrrole nitrogens is 1. The largest absolute Gasteiger partial charge is 0.506 e. The zero-order valence-corrected chi connectivity index (χ0v) is 11.4. The highest BCUT2D eigenvalue weighted by Gasteiger charge is 2.21. The van der Waals surface area contributed by atoms with Crippen LogP contribution >= 0.6 is 11.6 Å². The lowest BCUT2D eigenvalue weighted by Gasteiger charge is -2.18. The molecule has 2 aromatic carbocycles. The Kier molecular flexibility index (Phi) is 3.44. The van der Waals surface area contributed by atoms with Gasteiger partial charge in [0.25, 0.3) is 0 Å². The number of benzene rings is 2. The second-order valence-corrected chi connectivity index (χ2v) is 4.94. The van der Waals surface area contributed by atoms with Crippen molar-refractivity contribution in [1.29, 1.82) is 0 Å². The third-order valence-electron chi connectivity index (χ3n) is 3.29. The third-order valence-corrected chi connectivity index (χ3v) is 3.60. The first kappa shape index (κ1) is 12.8. The number of phenolic OH excluding ortho intramolecular Hbond substituents is 1. The molecular formula is C16H13ClN2O. The first-order chi connectivity index (χ1) is 9.77. The average Bonchev–Trinajstić information content (AvgIpc) is 2.99. The molecule has 1 atom stereocenters. The monoisotopic (exact) mass is 284 g/mol. The van der Waals surface area contributed by atoms with Crippen LogP contribution in [0, 0.1) is 0 Å². The predicted octanol–water partition coefficient (Wildman–Crippen LogP) is 3.95. The first-order valence-electron chi connectivity index (χ1n) is 6.28. The molecule has 1 unspecified atom stereocenters. The summed E-state index contributed by atoms with van der Waals surface area (Å²) in [5.41, 5.74) is 2.73. The van der Waals surface area contributed by atoms with Gasteiger partial charge in [0, 0.05) is 17.5 Å². The molecule has 3 nitrogen and oxygen atoms in total. The number of aromatic amines is 1. The lowest BCUT2D eigenvalue weighted by atomic mass is 9.88. The molecule has 100 valence electrons. The van der Waals surface area contributed by atoms with Crippen molar-refractivity contribution in [3.8, 4) is 5.75 Å². The Morgan fingerprint density at radius 3 is 2.55 bits per heavy atom. The van der Waals surface area contributed by atoms with Gasteiger partial charge >= 0.3 is 0 Å². The van der Waals surface area contributed by atoms with Gasteiger partial charge < -0.3 is 10.1 Å². The molecule has 3 rings (SSSR count). The van der Waals surface area contributed by atoms with Crippen LogP contribution < -0.4 is 0 Å². The van der Waals surface area contributed by atoms with E-state index in [9.17, 15) is 5.11 Å². The van der Waals surface area contributed by atoms with Crippen LogP contribution in [0.25, 0.3) is 0 Å². The molecule has 0 spiro atoms. The third kappa shape index (κ3) is 2.28. The van der Waals surface area contributed by atoms with E-state index in [0.29, 0.717) is 5.02 Å². The number of nitrogens with one attached hydrogen (secondary N) is 1. The van der Waals surface area contributed by atoms with Gasteiger partial charge in [-0.3, -0.25) is 0 Å². The van der Waals surface area contributed by atoms with Crippen molar-refractivity contribution >= 4 is 11.6 Å². The summed E-state index contributed by atoms with van der Waals surface area (Å²) in [5, 5.41) is 10.6. The van der Waals surface area contributed by atoms with Gasteiger partial charge in [-0.2, -0.15) is 0 Å². The van der Waals surface area contributed by atoms with Crippen LogP contribution in [-0.2, 0) is 0 Å². The highest BCUT2D eigenvalue weighted by Crippen LogP contribution is 2.38. The molecule has 3 aromatic rings. The molecule has 0 aliphatic heterocycles. The topological polar surface area (TPSA) is 48.9 Å². The summed E-state index contributed by atoms with van der Waals surface area (Å²) >= 11 is 6.03. The SMILES string of the molecule is Oc1c(Cl)cccc1C(c1ccccc1)c1cnc[nH]1. The van der Waals surface area contributed by atoms with Crippen molar-refractivity contribution in [2.45, 2.75) is 5.92 Å². The fraction of sp³-hybridized carbons (Fsp3) is 0.0625. The predicted molar refractivity (Wildman–Crippen MR) is 79.1 cm³/mol. The van der Waals surface area contributed by atoms with Gasteiger partial charge in [0.15, 0.2) is 0 Å². The molecule has 0 saturated carbocycles. The zero-order chi connectivity index (χ0) is 13.9. The normalized spacial score (nSPS) is 12.2. The number of rotatable bonds is 3. The van der Waals surface area contributed by atoms with Gasteiger partial charge in [-0.1, -0.05) is 54.1 Å². The van der Waals surface area contributed by atoms with Gasteiger partial charge in [-0.25, -0.2) is 4.98 Å². The number of halogens is 1. The molecule has 0 aliphatic rings. The Balaban J connectivity index is 2.19. The molecule has 0 aliphatic carbocycles. The number of hydrogen-bond donors (Lipinski definition) is 2. The molecule has 0 radical (unpaired) electrons. The number of aromatic nitrogens is 2. The summed E-state index contributed by atoms with van der Waals surface area (Å²) in [7, 11) is 0. The van der Waals surface area contributed by atoms with E-state index in [4.69, 9.17) is 11.6 Å². The molecule has 1 heterocycles. The van der Waals surface area contributed by atoms with E-state index < -0.39 is 0 Å². The van der Waals surface area contributed by atoms with Gasteiger partial charge in [0.2, 0.25) is 0 Å². The van der Waals surface area contributed by atoms with Crippen molar-refractivity contribution in [2.24, 2.45) is 0 Å². The highest BCUT2D eigenvalue weighted by molar-refractivity contribution is 6.32. The lowest BCUT2D eigenvalue weighted by Crippen LogP contribution is -2.04. The summed E-state index contributed by atoms with van der Waals surface area (Å²) < 4.78 is 0. The second kappa shape index (κ2) is 5.39. The van der Waals surface area contributed by atoms with E-state index in [1.807, 2.05) is 42.5 Å². The minimum Gasteiger partial charge on any atom is -0.506 e. The van der Waals surface area contributed by atoms with Gasteiger partial charge in [0.1, 0.15) is 5.75 Å². The van der Waals surface area contributed by atoms with E-state index in [1.165, 1.54) is 0 Å². The van der Waals surface area contributed by atoms with E-state index in [-0.39, 0.29) is 11.7 Å². The molecule has 1 aromatic heterocycles. The number of imidazole rings is 1. The van der Waals surface area contributed by atoms with Crippen LogP contribution in [0.15, 0.2) is 61.1 Å². The molecule has 0 fully saturated rings. The van der Waals surface area contributed by atoms with E-state index in [0.717, 1.165) is 16.8 Å². The summed E-state index contributed by atoms with van der Waals surface area (Å²) in [4.78, 5) is 7.19. The van der Waals surface area contributed by atoms with Crippen LogP contribution in [0.1, 0.15) is 22.7 Å². The number of aromatic hydroxyl groups is 1. The Hall–Kier alpha value is -2.26. The fourth-order valence-corrected chi connectivity index (χ4v) is 2.54. The summed E-state index contributed by atoms with van der Waals surface area (Å²) in [6, 6.07) is 15.3. The van der Waals surface area contributed by atoms with E-state index in [2.05, 4.69) is 9.97 Å². The summed E-state index contributed by atoms with van der Waals surface area (Å²) in [6.07, 6.45) is 3.39. The minimum absolute atomic E-state index is 0.109. The number of para-hydroxylation sites is 1. The Morgan fingerprint density at radius 2 is 1.85 bits per heavy atom. The maximum atomic E-state index is 10.3. The smallest absolute Gasteiger partial charge is 0.138 e. The number of nitrogens with zero attached hydrogens (tertiary/aromatic N) is 1. The minimum atomic E-state index is -0.127. The highest BCUT2D eigenvalue weighted by atomic mass is 35.5. The van der Waals surface area contributed by atoms with Gasteiger partial charge in [0.05, 0.1) is 17.3 Å². The van der Waals surface area contributed by atoms with Crippen LogP contribution in [0.5, 0.6) is 5.75 Å². The van der Waals surface area contributed by atoms with Crippen LogP contribution in [0.2, 0.25) is 5.02 Å². The van der Waals surface area contributed by atoms with Crippen molar-refractivity contribution in [3.05, 3.63) is 82.9 Å². The molecule has 0 amide bonds. The van der Waals surface area contributed by atoms with Crippen molar-refractivity contribution < 1.29 is 5.11 Å². The Morgan fingerprint density at radius 1 is 1.05 bits per heavy atom. The molecule has 4 heteroatoms. The van der Waals surface area contributed by atoms with Crippen molar-refractivity contribution in [3.63, 3.8) is 0 Å². The number of phenols is 1. The Bertz CT molecular complexity index is 696. The van der Waals surface area contributed by atoms with Crippen LogP contribution in [0.4, 0.5) is 0 Å². The lowest BCUT2D eigenvalue weighted by molar-refractivity contribution is 0.467. The summed E-state index contributed by atoms with van der Waals surface area (Å²) in [5.74, 6) is -0.0185. The van der Waals surface area contributed by atoms with Crippen molar-refractivity contribution in [1.82, 2.24) is 9.97 Å². The maximum absolute atomic E-state index is 10.3.